The number of halogens is 4. The Kier molecular flexibility index (Phi) is 42.5. The van der Waals surface area contributed by atoms with Gasteiger partial charge in [-0.15, -0.1) is 10.1 Å². The number of allylic oxidation sites excluding steroid dienone is 3. The van der Waals surface area contributed by atoms with Crippen LogP contribution in [0.1, 0.15) is 125 Å². The lowest BCUT2D eigenvalue weighted by molar-refractivity contribution is -0.742. The van der Waals surface area contributed by atoms with Gasteiger partial charge in [0.2, 0.25) is 6.08 Å². The van der Waals surface area contributed by atoms with Gasteiger partial charge < -0.3 is 78.4 Å². The number of rotatable bonds is 22. The number of ether oxygens (including phenoxy) is 12. The van der Waals surface area contributed by atoms with Crippen molar-refractivity contribution in [3.63, 3.8) is 0 Å². The fourth-order valence-corrected chi connectivity index (χ4v) is 11.8. The summed E-state index contributed by atoms with van der Waals surface area (Å²) in [7, 11) is 18.5. The van der Waals surface area contributed by atoms with Gasteiger partial charge in [-0.3, -0.25) is 34.7 Å². The van der Waals surface area contributed by atoms with E-state index < -0.39 is 27.0 Å². The number of carbonyl (C=O) groups excluding carboxylic acids is 4. The third-order valence-corrected chi connectivity index (χ3v) is 18.1. The summed E-state index contributed by atoms with van der Waals surface area (Å²) >= 11 is 6.41. The maximum Gasteiger partial charge on any atom is 0.326 e. The SMILES string of the molecule is C=C(C)c1cc(OC)c(OC)cc1[N+](=O)[O-].COc1cc(Br)c([N+](=O)[O-])cc1OC.COc1cc(N)c(C(C)C)cc1OC.COc1cc(N=C=O)c(C(C)C)cc1OC.COc1cc(NC(=O)N2C=CC(=O)C[C@H]2c2ccc(F)cc2)c(C(C)C)cc1OC.COc1ccc(Br)cc1OC.O=C1C=CN[C@H](c2ccc(F)cc2)C1.O=[N+]([O-])O. The minimum absolute atomic E-state index is 0.0203. The molecule has 2 amide bonds. The molecule has 8 aromatic rings. The van der Waals surface area contributed by atoms with E-state index in [-0.39, 0.29) is 58.9 Å². The Labute approximate surface area is 705 Å². The lowest BCUT2D eigenvalue weighted by Crippen LogP contribution is -2.37. The molecule has 10 rings (SSSR count). The topological polar surface area (TPSA) is 394 Å². The quantitative estimate of drug-likeness (QED) is 0.0161. The molecule has 0 bridgehead atoms. The van der Waals surface area contributed by atoms with E-state index in [4.69, 9.17) is 77.9 Å². The minimum atomic E-state index is -1.50. The predicted molar refractivity (Wildman–Crippen MR) is 454 cm³/mol. The molecular weight excluding hydrogens is 1690 g/mol. The molecule has 0 spiro atoms. The predicted octanol–water partition coefficient (Wildman–Crippen LogP) is 19.3. The van der Waals surface area contributed by atoms with Gasteiger partial charge in [0.05, 0.1) is 135 Å². The third-order valence-electron chi connectivity index (χ3n) is 17.0. The molecule has 2 aliphatic heterocycles. The van der Waals surface area contributed by atoms with Crippen LogP contribution in [0.4, 0.5) is 42.0 Å². The van der Waals surface area contributed by atoms with Crippen molar-refractivity contribution >= 4 is 89.5 Å². The number of carbonyl (C=O) groups is 3. The van der Waals surface area contributed by atoms with Crippen LogP contribution in [-0.2, 0) is 14.4 Å². The van der Waals surface area contributed by atoms with E-state index in [1.807, 2.05) is 64.1 Å². The Bertz CT molecular complexity index is 4830. The third kappa shape index (κ3) is 30.9. The van der Waals surface area contributed by atoms with Gasteiger partial charge in [0.25, 0.3) is 16.5 Å². The van der Waals surface area contributed by atoms with Crippen molar-refractivity contribution in [3.8, 4) is 69.0 Å². The highest BCUT2D eigenvalue weighted by Crippen LogP contribution is 2.43. The van der Waals surface area contributed by atoms with E-state index in [2.05, 4.69) is 67.9 Å². The van der Waals surface area contributed by atoms with Crippen LogP contribution >= 0.6 is 31.9 Å². The first-order valence-corrected chi connectivity index (χ1v) is 37.2. The number of ketones is 2. The number of anilines is 2. The number of hydrogen-bond acceptors (Lipinski definition) is 25. The van der Waals surface area contributed by atoms with Gasteiger partial charge in [-0.25, -0.2) is 18.4 Å². The lowest BCUT2D eigenvalue weighted by atomic mass is 9.97. The Morgan fingerprint density at radius 2 is 0.941 bits per heavy atom. The van der Waals surface area contributed by atoms with Crippen LogP contribution in [-0.4, -0.2) is 134 Å². The first-order valence-electron chi connectivity index (χ1n) is 35.6. The van der Waals surface area contributed by atoms with Crippen molar-refractivity contribution in [2.45, 2.75) is 91.1 Å². The monoisotopic (exact) mass is 1780 g/mol. The summed E-state index contributed by atoms with van der Waals surface area (Å²) in [6, 6.07) is 33.2. The molecule has 5 N–H and O–H groups in total. The van der Waals surface area contributed by atoms with Crippen molar-refractivity contribution in [1.29, 1.82) is 0 Å². The molecule has 0 fully saturated rings. The van der Waals surface area contributed by atoms with Gasteiger partial charge in [-0.2, -0.15) is 4.99 Å². The van der Waals surface area contributed by atoms with Crippen molar-refractivity contribution in [2.24, 2.45) is 4.99 Å². The summed E-state index contributed by atoms with van der Waals surface area (Å²) in [4.78, 5) is 80.6. The van der Waals surface area contributed by atoms with Crippen LogP contribution in [0.15, 0.2) is 172 Å². The molecule has 0 aliphatic carbocycles. The molecule has 2 heterocycles. The average molecular weight is 1790 g/mol. The van der Waals surface area contributed by atoms with Crippen molar-refractivity contribution in [3.05, 3.63) is 243 Å². The second-order valence-electron chi connectivity index (χ2n) is 25.6. The number of hydrogen-bond donors (Lipinski definition) is 4. The molecule has 31 nitrogen and oxygen atoms in total. The zero-order valence-electron chi connectivity index (χ0n) is 69.2. The van der Waals surface area contributed by atoms with E-state index in [0.29, 0.717) is 96.6 Å². The molecule has 0 aromatic heterocycles. The number of nitrogens with one attached hydrogen (secondary N) is 2. The molecule has 119 heavy (non-hydrogen) atoms. The van der Waals surface area contributed by atoms with E-state index in [1.165, 1.54) is 101 Å². The van der Waals surface area contributed by atoms with Crippen LogP contribution < -0.4 is 73.2 Å². The minimum Gasteiger partial charge on any atom is -0.493 e. The number of amides is 2. The maximum absolute atomic E-state index is 13.3. The molecule has 0 saturated heterocycles. The number of isocyanates is 1. The van der Waals surface area contributed by atoms with Crippen molar-refractivity contribution < 1.29 is 105 Å². The van der Waals surface area contributed by atoms with E-state index in [9.17, 15) is 48.2 Å². The number of nitrogens with two attached hydrogens (primary N) is 1. The molecule has 2 aliphatic rings. The van der Waals surface area contributed by atoms with E-state index in [0.717, 1.165) is 49.7 Å². The Hall–Kier alpha value is -13.0. The highest BCUT2D eigenvalue weighted by molar-refractivity contribution is 9.10. The molecule has 8 aromatic carbocycles. The molecule has 640 valence electrons. The Balaban J connectivity index is 0.000000365. The highest BCUT2D eigenvalue weighted by Gasteiger charge is 2.30. The smallest absolute Gasteiger partial charge is 0.326 e. The van der Waals surface area contributed by atoms with Crippen LogP contribution in [0.2, 0.25) is 0 Å². The number of nitro groups is 2. The molecular formula is C84H98Br2F2N8O23. The van der Waals surface area contributed by atoms with Gasteiger partial charge in [-0.1, -0.05) is 88.3 Å². The molecule has 2 atom stereocenters. The van der Waals surface area contributed by atoms with Crippen LogP contribution in [0, 0.1) is 42.0 Å². The summed E-state index contributed by atoms with van der Waals surface area (Å²) < 4.78 is 88.8. The summed E-state index contributed by atoms with van der Waals surface area (Å²) in [6.45, 7) is 17.7. The van der Waals surface area contributed by atoms with Crippen LogP contribution in [0.25, 0.3) is 5.57 Å². The van der Waals surface area contributed by atoms with Gasteiger partial charge in [0.15, 0.2) is 80.6 Å². The highest BCUT2D eigenvalue weighted by atomic mass is 79.9. The number of nitrogens with zero attached hydrogens (tertiary/aromatic N) is 5. The Morgan fingerprint density at radius 1 is 0.546 bits per heavy atom. The molecule has 0 radical (unpaired) electrons. The lowest BCUT2D eigenvalue weighted by Gasteiger charge is -2.32. The largest absolute Gasteiger partial charge is 0.493 e. The van der Waals surface area contributed by atoms with Crippen LogP contribution in [0.5, 0.6) is 69.0 Å². The number of benzene rings is 8. The number of aliphatic imine (C=N–C) groups is 1. The number of nitrogen functional groups attached to an aromatic ring is 1. The fourth-order valence-electron chi connectivity index (χ4n) is 11.0. The van der Waals surface area contributed by atoms with Gasteiger partial charge in [0, 0.05) is 65.4 Å². The van der Waals surface area contributed by atoms with Gasteiger partial charge in [0.1, 0.15) is 11.6 Å². The van der Waals surface area contributed by atoms with Crippen molar-refractivity contribution in [2.75, 3.05) is 96.4 Å². The second kappa shape index (κ2) is 50.5. The average Bonchev–Trinajstić information content (AvgIpc) is 0.811. The summed E-state index contributed by atoms with van der Waals surface area (Å²) in [5.74, 6) is 6.83. The zero-order valence-corrected chi connectivity index (χ0v) is 72.4. The van der Waals surface area contributed by atoms with E-state index >= 15 is 0 Å². The zero-order chi connectivity index (χ0) is 89.5. The standard InChI is InChI=1S/C23H25FN2O4.C12H15NO3.C11H10FNO.C11H13NO4.C11H17NO2.C8H8BrNO4.C8H9BrO2.HNO3/c1-14(2)18-12-21(29-3)22(30-4)13-19(18)25-23(28)26-10-9-17(27)11-20(26)15-5-7-16(24)8-6-15;1-8(2)9-5-11(15-3)12(16-4)6-10(9)13-7-14;12-9-3-1-8(2-4-9)11-7-10(14)5-6-13-11;1-7(2)8-5-10(15-3)11(16-4)6-9(8)12(13)14;1-7(2)8-5-10(13-3)11(14-4)6-9(8)12;1-13-7-3-5(9)6(10(11)12)4-8(7)14-2;1-10-7-4-3-6(9)5-8(7)11-2;2-1(3)4/h5-10,12-14,20H,11H2,1-4H3,(H,25,28);5-6,8H,1-4H3;1-6,11,13H,7H2;5-6H,1H2,2-4H3;5-7H,12H2,1-4H3;3-4H,1-2H3;3-5H,1-2H3;(H,2,3,4)/t20-;;11-;;;;;/m0.0...../s1. The normalized spacial score (nSPS) is 12.5. The van der Waals surface area contributed by atoms with Gasteiger partial charge in [-0.05, 0) is 153 Å². The van der Waals surface area contributed by atoms with Crippen LogP contribution in [0.3, 0.4) is 0 Å². The molecule has 0 saturated carbocycles. The second-order valence-corrected chi connectivity index (χ2v) is 27.4. The van der Waals surface area contributed by atoms with Gasteiger partial charge >= 0.3 is 6.03 Å². The first-order chi connectivity index (χ1) is 56.4. The van der Waals surface area contributed by atoms with E-state index in [1.54, 1.807) is 118 Å². The first kappa shape index (κ1) is 100. The fraction of sp³-hybridized carbons (Fsp3) is 0.310. The Morgan fingerprint density at radius 3 is 1.39 bits per heavy atom. The number of methoxy groups -OCH3 is 12. The van der Waals surface area contributed by atoms with Crippen molar-refractivity contribution in [1.82, 2.24) is 10.2 Å². The number of nitro benzene ring substituents is 2. The maximum atomic E-state index is 13.3. The molecule has 0 unspecified atom stereocenters. The summed E-state index contributed by atoms with van der Waals surface area (Å²) in [5, 5.41) is 41.1. The summed E-state index contributed by atoms with van der Waals surface area (Å²) in [6.07, 6.45) is 8.09. The number of urea groups is 1. The molecule has 35 heteroatoms. The summed E-state index contributed by atoms with van der Waals surface area (Å²) in [5.41, 5.74) is 13.3.